The highest BCUT2D eigenvalue weighted by Crippen LogP contribution is 2.44. The molecule has 0 aliphatic heterocycles. The van der Waals surface area contributed by atoms with E-state index in [9.17, 15) is 0 Å². The van der Waals surface area contributed by atoms with Crippen molar-refractivity contribution in [1.82, 2.24) is 4.57 Å². The van der Waals surface area contributed by atoms with Gasteiger partial charge in [-0.3, -0.25) is 0 Å². The first kappa shape index (κ1) is 30.5. The van der Waals surface area contributed by atoms with Crippen molar-refractivity contribution in [3.63, 3.8) is 0 Å². The molecule has 11 aromatic rings. The summed E-state index contributed by atoms with van der Waals surface area (Å²) in [5.41, 5.74) is 9.32. The molecule has 2 heteroatoms. The lowest BCUT2D eigenvalue weighted by atomic mass is 9.93. The van der Waals surface area contributed by atoms with E-state index in [-0.39, 0.29) is 0 Å². The predicted molar refractivity (Wildman–Crippen MR) is 231 cm³/mol. The molecule has 0 fully saturated rings. The summed E-state index contributed by atoms with van der Waals surface area (Å²) < 4.78 is 2.38. The normalized spacial score (nSPS) is 11.7. The average Bonchev–Trinajstić information content (AvgIpc) is 3.58. The van der Waals surface area contributed by atoms with Gasteiger partial charge >= 0.3 is 0 Å². The zero-order chi connectivity index (χ0) is 35.6. The van der Waals surface area contributed by atoms with Crippen LogP contribution in [0.2, 0.25) is 0 Å². The van der Waals surface area contributed by atoms with Gasteiger partial charge in [0, 0.05) is 33.2 Å². The summed E-state index contributed by atoms with van der Waals surface area (Å²) in [5.74, 6) is 0. The second kappa shape index (κ2) is 12.2. The van der Waals surface area contributed by atoms with Crippen LogP contribution in [0.5, 0.6) is 0 Å². The number of hydrogen-bond acceptors (Lipinski definition) is 1. The van der Waals surface area contributed by atoms with Gasteiger partial charge in [-0.2, -0.15) is 0 Å². The highest BCUT2D eigenvalue weighted by Gasteiger charge is 2.20. The standard InChI is InChI=1S/C52H34N2/c1-3-18-41-36(14-1)33-49(45-22-6-5-20-43(41)45)35-16-13-17-40(32-35)53(52-34-37-15-2-4-19-42(37)44-21-7-8-23-46(44)52)38-28-30-39(31-29-38)54-50-26-11-9-24-47(50)48-25-10-12-27-51(48)54/h1-34H. The van der Waals surface area contributed by atoms with Gasteiger partial charge in [0.25, 0.3) is 0 Å². The molecule has 11 rings (SSSR count). The molecule has 1 heterocycles. The van der Waals surface area contributed by atoms with E-state index >= 15 is 0 Å². The summed E-state index contributed by atoms with van der Waals surface area (Å²) in [5, 5.41) is 12.5. The van der Waals surface area contributed by atoms with Crippen molar-refractivity contribution in [1.29, 1.82) is 0 Å². The molecule has 0 saturated carbocycles. The van der Waals surface area contributed by atoms with Crippen LogP contribution in [-0.4, -0.2) is 4.57 Å². The van der Waals surface area contributed by atoms with Gasteiger partial charge in [-0.15, -0.1) is 0 Å². The molecule has 0 spiro atoms. The van der Waals surface area contributed by atoms with E-state index < -0.39 is 0 Å². The van der Waals surface area contributed by atoms with Crippen LogP contribution in [0.4, 0.5) is 17.1 Å². The van der Waals surface area contributed by atoms with Gasteiger partial charge in [0.2, 0.25) is 0 Å². The van der Waals surface area contributed by atoms with Gasteiger partial charge in [0.1, 0.15) is 0 Å². The molecule has 10 aromatic carbocycles. The van der Waals surface area contributed by atoms with Crippen molar-refractivity contribution in [2.75, 3.05) is 4.90 Å². The minimum atomic E-state index is 1.10. The fourth-order valence-corrected chi connectivity index (χ4v) is 8.70. The minimum absolute atomic E-state index is 1.10. The molecule has 0 bridgehead atoms. The fourth-order valence-electron chi connectivity index (χ4n) is 8.70. The molecule has 0 radical (unpaired) electrons. The Bertz CT molecular complexity index is 3170. The fraction of sp³-hybridized carbons (Fsp3) is 0. The number of benzene rings is 10. The van der Waals surface area contributed by atoms with E-state index in [2.05, 4.69) is 216 Å². The van der Waals surface area contributed by atoms with Crippen LogP contribution in [0, 0.1) is 0 Å². The molecule has 0 aliphatic rings. The molecule has 2 nitrogen and oxygen atoms in total. The van der Waals surface area contributed by atoms with Crippen molar-refractivity contribution in [3.8, 4) is 16.8 Å². The van der Waals surface area contributed by atoms with E-state index in [4.69, 9.17) is 0 Å². The van der Waals surface area contributed by atoms with Crippen molar-refractivity contribution in [2.45, 2.75) is 0 Å². The Morgan fingerprint density at radius 3 is 1.46 bits per heavy atom. The summed E-state index contributed by atoms with van der Waals surface area (Å²) >= 11 is 0. The third kappa shape index (κ3) is 4.74. The van der Waals surface area contributed by atoms with Crippen molar-refractivity contribution < 1.29 is 0 Å². The van der Waals surface area contributed by atoms with E-state index in [1.54, 1.807) is 0 Å². The number of fused-ring (bicyclic) bond motifs is 9. The number of rotatable bonds is 5. The molecule has 0 atom stereocenters. The summed E-state index contributed by atoms with van der Waals surface area (Å²) in [7, 11) is 0. The van der Waals surface area contributed by atoms with Gasteiger partial charge in [0.05, 0.1) is 16.7 Å². The lowest BCUT2D eigenvalue weighted by Crippen LogP contribution is -2.11. The molecule has 1 aromatic heterocycles. The Morgan fingerprint density at radius 2 is 0.815 bits per heavy atom. The third-order valence-electron chi connectivity index (χ3n) is 11.1. The summed E-state index contributed by atoms with van der Waals surface area (Å²) in [6, 6.07) is 75.3. The van der Waals surface area contributed by atoms with E-state index in [0.717, 1.165) is 22.7 Å². The van der Waals surface area contributed by atoms with Crippen molar-refractivity contribution in [2.24, 2.45) is 0 Å². The maximum absolute atomic E-state index is 2.44. The Kier molecular flexibility index (Phi) is 6.90. The molecule has 0 unspecified atom stereocenters. The van der Waals surface area contributed by atoms with Crippen LogP contribution in [0.15, 0.2) is 206 Å². The molecule has 0 aliphatic carbocycles. The smallest absolute Gasteiger partial charge is 0.0546 e. The minimum Gasteiger partial charge on any atom is -0.310 e. The van der Waals surface area contributed by atoms with Crippen LogP contribution in [0.1, 0.15) is 0 Å². The van der Waals surface area contributed by atoms with Gasteiger partial charge in [0.15, 0.2) is 0 Å². The van der Waals surface area contributed by atoms with E-state index in [1.165, 1.54) is 76.0 Å². The van der Waals surface area contributed by atoms with Crippen LogP contribution in [-0.2, 0) is 0 Å². The Hall–Kier alpha value is -7.16. The van der Waals surface area contributed by atoms with Gasteiger partial charge < -0.3 is 9.47 Å². The summed E-state index contributed by atoms with van der Waals surface area (Å²) in [6.45, 7) is 0. The number of para-hydroxylation sites is 2. The Labute approximate surface area is 313 Å². The maximum atomic E-state index is 2.44. The second-order valence-corrected chi connectivity index (χ2v) is 14.1. The van der Waals surface area contributed by atoms with Crippen LogP contribution in [0.25, 0.3) is 81.7 Å². The molecule has 0 amide bonds. The monoisotopic (exact) mass is 686 g/mol. The lowest BCUT2D eigenvalue weighted by molar-refractivity contribution is 1.17. The largest absolute Gasteiger partial charge is 0.310 e. The number of nitrogens with zero attached hydrogens (tertiary/aromatic N) is 2. The number of hydrogen-bond donors (Lipinski definition) is 0. The number of anilines is 3. The molecular weight excluding hydrogens is 653 g/mol. The van der Waals surface area contributed by atoms with Crippen molar-refractivity contribution in [3.05, 3.63) is 206 Å². The molecule has 54 heavy (non-hydrogen) atoms. The van der Waals surface area contributed by atoms with Gasteiger partial charge in [-0.1, -0.05) is 146 Å². The zero-order valence-electron chi connectivity index (χ0n) is 29.5. The van der Waals surface area contributed by atoms with Gasteiger partial charge in [-0.25, -0.2) is 0 Å². The van der Waals surface area contributed by atoms with Crippen LogP contribution < -0.4 is 4.90 Å². The Morgan fingerprint density at radius 1 is 0.315 bits per heavy atom. The molecular formula is C52H34N2. The summed E-state index contributed by atoms with van der Waals surface area (Å²) in [4.78, 5) is 2.44. The van der Waals surface area contributed by atoms with Crippen molar-refractivity contribution >= 4 is 82.0 Å². The first-order valence-electron chi connectivity index (χ1n) is 18.6. The lowest BCUT2D eigenvalue weighted by Gasteiger charge is -2.28. The summed E-state index contributed by atoms with van der Waals surface area (Å²) in [6.07, 6.45) is 0. The maximum Gasteiger partial charge on any atom is 0.0546 e. The first-order valence-corrected chi connectivity index (χ1v) is 18.6. The molecule has 0 saturated heterocycles. The molecule has 0 N–H and O–H groups in total. The van der Waals surface area contributed by atoms with Gasteiger partial charge in [-0.05, 0) is 109 Å². The second-order valence-electron chi connectivity index (χ2n) is 14.1. The first-order chi connectivity index (χ1) is 26.8. The predicted octanol–water partition coefficient (Wildman–Crippen LogP) is 14.5. The average molecular weight is 687 g/mol. The third-order valence-corrected chi connectivity index (χ3v) is 11.1. The van der Waals surface area contributed by atoms with E-state index in [0.29, 0.717) is 0 Å². The van der Waals surface area contributed by atoms with Crippen LogP contribution in [0.3, 0.4) is 0 Å². The highest BCUT2D eigenvalue weighted by molar-refractivity contribution is 6.16. The molecule has 252 valence electrons. The zero-order valence-corrected chi connectivity index (χ0v) is 29.5. The quantitative estimate of drug-likeness (QED) is 0.164. The topological polar surface area (TPSA) is 8.17 Å². The highest BCUT2D eigenvalue weighted by atomic mass is 15.1. The Balaban J connectivity index is 1.14. The number of aromatic nitrogens is 1. The SMILES string of the molecule is c1cc(-c2cc3ccccc3c3ccccc23)cc(N(c2ccc(-n3c4ccccc4c4ccccc43)cc2)c2cc3ccccc3c3ccccc23)c1. The van der Waals surface area contributed by atoms with Crippen LogP contribution >= 0.6 is 0 Å². The van der Waals surface area contributed by atoms with E-state index in [1.807, 2.05) is 0 Å².